The van der Waals surface area contributed by atoms with E-state index in [-0.39, 0.29) is 36.1 Å². The van der Waals surface area contributed by atoms with Crippen molar-refractivity contribution in [1.82, 2.24) is 5.32 Å². The Labute approximate surface area is 80.3 Å². The van der Waals surface area contributed by atoms with Crippen molar-refractivity contribution in [1.29, 1.82) is 0 Å². The van der Waals surface area contributed by atoms with E-state index in [1.54, 1.807) is 0 Å². The van der Waals surface area contributed by atoms with Crippen LogP contribution in [0.15, 0.2) is 0 Å². The Hall–Kier alpha value is -0.100. The zero-order valence-corrected chi connectivity index (χ0v) is 7.72. The van der Waals surface area contributed by atoms with Gasteiger partial charge >= 0.3 is 29.6 Å². The summed E-state index contributed by atoms with van der Waals surface area (Å²) in [6.07, 6.45) is 0. The van der Waals surface area contributed by atoms with Crippen molar-refractivity contribution in [3.63, 3.8) is 0 Å². The summed E-state index contributed by atoms with van der Waals surface area (Å²) in [6.45, 7) is -1.13. The number of carbonyl (C=O) groups excluding carboxylic acids is 2. The van der Waals surface area contributed by atoms with Gasteiger partial charge in [0.2, 0.25) is 11.8 Å². The first-order valence-corrected chi connectivity index (χ1v) is 2.30. The zero-order valence-electron chi connectivity index (χ0n) is 5.72. The first-order valence-electron chi connectivity index (χ1n) is 2.30. The van der Waals surface area contributed by atoms with Crippen molar-refractivity contribution in [2.45, 2.75) is 0 Å². The Morgan fingerprint density at radius 3 is 2.30 bits per heavy atom. The van der Waals surface area contributed by atoms with Crippen molar-refractivity contribution in [2.75, 3.05) is 13.2 Å². The molecule has 0 rings (SSSR count). The Kier molecular flexibility index (Phi) is 8.81. The molecule has 3 N–H and O–H groups in total. The van der Waals surface area contributed by atoms with Crippen molar-refractivity contribution >= 4 is 11.8 Å². The van der Waals surface area contributed by atoms with E-state index in [9.17, 15) is 14.7 Å². The van der Waals surface area contributed by atoms with Crippen LogP contribution in [0, 0.1) is 0 Å². The van der Waals surface area contributed by atoms with E-state index in [2.05, 4.69) is 5.73 Å². The molecule has 0 spiro atoms. The van der Waals surface area contributed by atoms with Gasteiger partial charge in [-0.2, -0.15) is 0 Å². The third kappa shape index (κ3) is 7.90. The van der Waals surface area contributed by atoms with Crippen LogP contribution in [-0.4, -0.2) is 25.0 Å². The van der Waals surface area contributed by atoms with E-state index in [1.807, 2.05) is 5.32 Å². The third-order valence-corrected chi connectivity index (χ3v) is 0.591. The van der Waals surface area contributed by atoms with Gasteiger partial charge in [-0.15, -0.1) is 0 Å². The molecule has 6 heteroatoms. The zero-order chi connectivity index (χ0) is 7.28. The summed E-state index contributed by atoms with van der Waals surface area (Å²) in [5.41, 5.74) is 4.64. The second-order valence-electron chi connectivity index (χ2n) is 1.39. The first kappa shape index (κ1) is 12.6. The van der Waals surface area contributed by atoms with Crippen LogP contribution in [0.3, 0.4) is 0 Å². The Balaban J connectivity index is 0. The quantitative estimate of drug-likeness (QED) is 0.396. The topological polar surface area (TPSA) is 95.2 Å². The van der Waals surface area contributed by atoms with E-state index in [0.29, 0.717) is 0 Å². The standard InChI is InChI=1S/C4H7N2O3.Na/c5-3(8)1-6-4(9)2-7;/h1-2H2,(H2,5,8)(H,6,9);/q-1;+1. The van der Waals surface area contributed by atoms with Crippen LogP contribution in [0.2, 0.25) is 0 Å². The fourth-order valence-electron chi connectivity index (χ4n) is 0.237. The Morgan fingerprint density at radius 2 is 2.00 bits per heavy atom. The van der Waals surface area contributed by atoms with Crippen LogP contribution in [-0.2, 0) is 9.59 Å². The molecule has 0 heterocycles. The van der Waals surface area contributed by atoms with Gasteiger partial charge in [-0.1, -0.05) is 6.61 Å². The number of rotatable bonds is 3. The second kappa shape index (κ2) is 7.01. The molecule has 0 fully saturated rings. The van der Waals surface area contributed by atoms with Crippen molar-refractivity contribution in [3.05, 3.63) is 0 Å². The summed E-state index contributed by atoms with van der Waals surface area (Å²) in [5.74, 6) is -1.37. The van der Waals surface area contributed by atoms with Crippen LogP contribution >= 0.6 is 0 Å². The number of carbonyl (C=O) groups is 2. The van der Waals surface area contributed by atoms with Crippen LogP contribution < -0.4 is 45.7 Å². The van der Waals surface area contributed by atoms with E-state index in [1.165, 1.54) is 0 Å². The van der Waals surface area contributed by atoms with Gasteiger partial charge in [-0.25, -0.2) is 0 Å². The maximum atomic E-state index is 10.1. The molecule has 0 bridgehead atoms. The van der Waals surface area contributed by atoms with Gasteiger partial charge in [0.15, 0.2) is 0 Å². The Morgan fingerprint density at radius 1 is 1.50 bits per heavy atom. The Bertz CT molecular complexity index is 128. The molecule has 52 valence electrons. The smallest absolute Gasteiger partial charge is 0.848 e. The predicted molar refractivity (Wildman–Crippen MR) is 27.1 cm³/mol. The molecule has 5 nitrogen and oxygen atoms in total. The third-order valence-electron chi connectivity index (χ3n) is 0.591. The SMILES string of the molecule is NC(=O)CNC(=O)C[O-].[Na+]. The van der Waals surface area contributed by atoms with Crippen LogP contribution in [0.1, 0.15) is 0 Å². The normalized spacial score (nSPS) is 7.70. The summed E-state index contributed by atoms with van der Waals surface area (Å²) >= 11 is 0. The number of primary amides is 1. The fraction of sp³-hybridized carbons (Fsp3) is 0.500. The van der Waals surface area contributed by atoms with Gasteiger partial charge < -0.3 is 16.2 Å². The number of nitrogens with one attached hydrogen (secondary N) is 1. The van der Waals surface area contributed by atoms with E-state index >= 15 is 0 Å². The number of hydrogen-bond donors (Lipinski definition) is 2. The summed E-state index contributed by atoms with van der Waals surface area (Å²) in [6, 6.07) is 0. The van der Waals surface area contributed by atoms with Gasteiger partial charge in [0, 0.05) is 0 Å². The molecule has 0 aliphatic rings. The largest absolute Gasteiger partial charge is 1.00 e. The summed E-state index contributed by atoms with van der Waals surface area (Å²) in [5, 5.41) is 11.7. The fourth-order valence-corrected chi connectivity index (χ4v) is 0.237. The molecular weight excluding hydrogens is 147 g/mol. The van der Waals surface area contributed by atoms with Crippen LogP contribution in [0.5, 0.6) is 0 Å². The molecule has 10 heavy (non-hydrogen) atoms. The summed E-state index contributed by atoms with van der Waals surface area (Å²) in [7, 11) is 0. The van der Waals surface area contributed by atoms with E-state index in [0.717, 1.165) is 0 Å². The molecule has 0 aliphatic heterocycles. The molecule has 0 aromatic carbocycles. The molecule has 0 atom stereocenters. The van der Waals surface area contributed by atoms with Crippen LogP contribution in [0.4, 0.5) is 0 Å². The van der Waals surface area contributed by atoms with Crippen LogP contribution in [0.25, 0.3) is 0 Å². The minimum atomic E-state index is -0.868. The molecule has 0 unspecified atom stereocenters. The molecule has 0 aromatic rings. The first-order chi connectivity index (χ1) is 4.16. The minimum absolute atomic E-state index is 0. The molecule has 2 amide bonds. The molecule has 0 aromatic heterocycles. The molecule has 0 saturated carbocycles. The van der Waals surface area contributed by atoms with E-state index in [4.69, 9.17) is 0 Å². The van der Waals surface area contributed by atoms with Gasteiger partial charge in [-0.05, 0) is 0 Å². The molecule has 0 saturated heterocycles. The maximum Gasteiger partial charge on any atom is 1.00 e. The monoisotopic (exact) mass is 154 g/mol. The van der Waals surface area contributed by atoms with Crippen molar-refractivity contribution < 1.29 is 44.3 Å². The average Bonchev–Trinajstić information content (AvgIpc) is 1.83. The average molecular weight is 154 g/mol. The maximum absolute atomic E-state index is 10.1. The summed E-state index contributed by atoms with van der Waals surface area (Å²) in [4.78, 5) is 20.0. The van der Waals surface area contributed by atoms with Gasteiger partial charge in [0.05, 0.1) is 6.54 Å². The molecule has 0 radical (unpaired) electrons. The number of nitrogens with two attached hydrogens (primary N) is 1. The predicted octanol–water partition coefficient (Wildman–Crippen LogP) is -6.05. The number of hydrogen-bond acceptors (Lipinski definition) is 3. The minimum Gasteiger partial charge on any atom is -0.848 e. The molecule has 0 aliphatic carbocycles. The van der Waals surface area contributed by atoms with Crippen molar-refractivity contribution in [3.8, 4) is 0 Å². The van der Waals surface area contributed by atoms with Gasteiger partial charge in [0.25, 0.3) is 0 Å². The summed E-state index contributed by atoms with van der Waals surface area (Å²) < 4.78 is 0. The van der Waals surface area contributed by atoms with Gasteiger partial charge in [-0.3, -0.25) is 9.59 Å². The van der Waals surface area contributed by atoms with Crippen molar-refractivity contribution in [2.24, 2.45) is 5.73 Å². The molecular formula is C4H7N2NaO3. The second-order valence-corrected chi connectivity index (χ2v) is 1.39. The number of amides is 2. The van der Waals surface area contributed by atoms with E-state index < -0.39 is 18.4 Å². The van der Waals surface area contributed by atoms with Gasteiger partial charge in [0.1, 0.15) is 0 Å².